The molecule has 3 aromatic carbocycles. The third-order valence-corrected chi connectivity index (χ3v) is 5.87. The molecule has 0 heterocycles. The first kappa shape index (κ1) is 13.2. The van der Waals surface area contributed by atoms with Crippen LogP contribution in [0.2, 0.25) is 0 Å². The molecule has 0 aromatic heterocycles. The second-order valence-corrected chi connectivity index (χ2v) is 6.79. The second kappa shape index (κ2) is 6.09. The van der Waals surface area contributed by atoms with E-state index in [1.54, 1.807) is 0 Å². The maximum Gasteiger partial charge on any atom is 0.0145 e. The molecular formula is C18H16OP-. The van der Waals surface area contributed by atoms with E-state index in [1.807, 2.05) is 24.3 Å². The molecule has 0 aliphatic rings. The molecule has 0 saturated heterocycles. The number of benzene rings is 2. The maximum absolute atomic E-state index is 9.56. The molecular weight excluding hydrogens is 263 g/mol. The molecule has 0 bridgehead atoms. The van der Waals surface area contributed by atoms with Crippen LogP contribution in [0.3, 0.4) is 0 Å². The molecule has 1 nitrogen and oxygen atoms in total. The van der Waals surface area contributed by atoms with Gasteiger partial charge < -0.3 is 5.11 Å². The van der Waals surface area contributed by atoms with Crippen molar-refractivity contribution in [3.63, 3.8) is 0 Å². The van der Waals surface area contributed by atoms with Crippen LogP contribution in [0.1, 0.15) is 5.56 Å². The molecule has 3 rings (SSSR count). The van der Waals surface area contributed by atoms with Crippen molar-refractivity contribution in [1.29, 1.82) is 0 Å². The van der Waals surface area contributed by atoms with Crippen LogP contribution >= 0.6 is 7.92 Å². The van der Waals surface area contributed by atoms with E-state index in [0.29, 0.717) is 0 Å². The summed E-state index contributed by atoms with van der Waals surface area (Å²) in [5.41, 5.74) is 1.03. The lowest BCUT2D eigenvalue weighted by Crippen LogP contribution is -2.21. The van der Waals surface area contributed by atoms with Crippen molar-refractivity contribution in [3.8, 4) is 0 Å². The monoisotopic (exact) mass is 279 g/mol. The fourth-order valence-electron chi connectivity index (χ4n) is 2.38. The van der Waals surface area contributed by atoms with Gasteiger partial charge in [0.05, 0.1) is 0 Å². The van der Waals surface area contributed by atoms with Gasteiger partial charge in [-0.05, 0) is 18.5 Å². The zero-order valence-corrected chi connectivity index (χ0v) is 12.0. The molecule has 3 aromatic rings. The number of hydrogen-bond acceptors (Lipinski definition) is 1. The number of rotatable bonds is 4. The minimum absolute atomic E-state index is 0.0980. The van der Waals surface area contributed by atoms with Crippen LogP contribution in [0.4, 0.5) is 0 Å². The maximum atomic E-state index is 9.56. The third kappa shape index (κ3) is 2.56. The Hall–Kier alpha value is -1.82. The molecule has 0 unspecified atom stereocenters. The molecule has 0 aliphatic heterocycles. The Bertz CT molecular complexity index is 619. The van der Waals surface area contributed by atoms with Crippen molar-refractivity contribution in [2.24, 2.45) is 0 Å². The average Bonchev–Trinajstić information content (AvgIpc) is 2.98. The molecule has 2 heteroatoms. The minimum atomic E-state index is -0.596. The molecule has 0 atom stereocenters. The van der Waals surface area contributed by atoms with Gasteiger partial charge in [0.1, 0.15) is 0 Å². The first-order valence-corrected chi connectivity index (χ1v) is 8.00. The summed E-state index contributed by atoms with van der Waals surface area (Å²) in [6.45, 7) is 0.0980. The molecule has 0 radical (unpaired) electrons. The normalized spacial score (nSPS) is 10.9. The van der Waals surface area contributed by atoms with Crippen molar-refractivity contribution in [2.75, 3.05) is 0 Å². The van der Waals surface area contributed by atoms with Crippen LogP contribution in [0, 0.1) is 0 Å². The smallest absolute Gasteiger partial charge is 0.0145 e. The van der Waals surface area contributed by atoms with E-state index in [9.17, 15) is 5.11 Å². The molecule has 100 valence electrons. The van der Waals surface area contributed by atoms with Crippen molar-refractivity contribution in [1.82, 2.24) is 0 Å². The lowest BCUT2D eigenvalue weighted by molar-refractivity contribution is 0.283. The van der Waals surface area contributed by atoms with Crippen molar-refractivity contribution in [2.45, 2.75) is 6.61 Å². The highest BCUT2D eigenvalue weighted by molar-refractivity contribution is 7.79. The predicted octanol–water partition coefficient (Wildman–Crippen LogP) is 2.66. The molecule has 20 heavy (non-hydrogen) atoms. The van der Waals surface area contributed by atoms with Crippen LogP contribution in [0.25, 0.3) is 0 Å². The Kier molecular flexibility index (Phi) is 4.01. The second-order valence-electron chi connectivity index (χ2n) is 4.60. The highest BCUT2D eigenvalue weighted by Gasteiger charge is 2.14. The summed E-state index contributed by atoms with van der Waals surface area (Å²) < 4.78 is 0. The van der Waals surface area contributed by atoms with Gasteiger partial charge in [-0.25, -0.2) is 6.07 Å². The standard InChI is InChI=1S/C18H16OP/c19-14-15-8-7-13-18(15)20(16-9-3-1-4-10-16)17-11-5-2-6-12-17/h1-13,19H,14H2/q-1. The van der Waals surface area contributed by atoms with Crippen molar-refractivity contribution >= 4 is 23.8 Å². The van der Waals surface area contributed by atoms with Crippen LogP contribution < -0.4 is 15.9 Å². The quantitative estimate of drug-likeness (QED) is 0.575. The largest absolute Gasteiger partial charge is 0.405 e. The van der Waals surface area contributed by atoms with E-state index in [1.165, 1.54) is 15.9 Å². The molecule has 0 spiro atoms. The van der Waals surface area contributed by atoms with Gasteiger partial charge in [-0.15, -0.1) is 5.30 Å². The van der Waals surface area contributed by atoms with E-state index in [4.69, 9.17) is 0 Å². The highest BCUT2D eigenvalue weighted by Crippen LogP contribution is 2.34. The Balaban J connectivity index is 2.14. The van der Waals surface area contributed by atoms with Gasteiger partial charge in [0.2, 0.25) is 0 Å². The molecule has 0 amide bonds. The molecule has 1 N–H and O–H groups in total. The van der Waals surface area contributed by atoms with Gasteiger partial charge in [0.15, 0.2) is 0 Å². The van der Waals surface area contributed by atoms with E-state index < -0.39 is 7.92 Å². The zero-order valence-electron chi connectivity index (χ0n) is 11.1. The number of hydrogen-bond donors (Lipinski definition) is 1. The summed E-state index contributed by atoms with van der Waals surface area (Å²) in [6.07, 6.45) is 0. The van der Waals surface area contributed by atoms with Crippen LogP contribution in [0.15, 0.2) is 78.9 Å². The van der Waals surface area contributed by atoms with E-state index >= 15 is 0 Å². The fourth-order valence-corrected chi connectivity index (χ4v) is 4.84. The lowest BCUT2D eigenvalue weighted by atomic mass is 10.3. The summed E-state index contributed by atoms with van der Waals surface area (Å²) in [5, 5.41) is 13.4. The van der Waals surface area contributed by atoms with Crippen LogP contribution in [-0.4, -0.2) is 5.11 Å². The summed E-state index contributed by atoms with van der Waals surface area (Å²) in [6, 6.07) is 27.3. The Morgan fingerprint density at radius 1 is 0.800 bits per heavy atom. The van der Waals surface area contributed by atoms with Crippen LogP contribution in [-0.2, 0) is 6.61 Å². The van der Waals surface area contributed by atoms with E-state index in [-0.39, 0.29) is 6.61 Å². The Morgan fingerprint density at radius 3 is 1.85 bits per heavy atom. The van der Waals surface area contributed by atoms with Crippen LogP contribution in [0.5, 0.6) is 0 Å². The first-order chi connectivity index (χ1) is 9.90. The lowest BCUT2D eigenvalue weighted by Gasteiger charge is -2.24. The van der Waals surface area contributed by atoms with E-state index in [2.05, 4.69) is 54.6 Å². The van der Waals surface area contributed by atoms with Crippen molar-refractivity contribution < 1.29 is 5.11 Å². The summed E-state index contributed by atoms with van der Waals surface area (Å²) in [7, 11) is -0.596. The van der Waals surface area contributed by atoms with Gasteiger partial charge in [0, 0.05) is 6.61 Å². The van der Waals surface area contributed by atoms with Gasteiger partial charge in [-0.3, -0.25) is 0 Å². The highest BCUT2D eigenvalue weighted by atomic mass is 31.1. The zero-order chi connectivity index (χ0) is 13.8. The first-order valence-electron chi connectivity index (χ1n) is 6.66. The summed E-state index contributed by atoms with van der Waals surface area (Å²) in [4.78, 5) is 0. The van der Waals surface area contributed by atoms with Gasteiger partial charge in [-0.2, -0.15) is 17.7 Å². The fraction of sp³-hybridized carbons (Fsp3) is 0.0556. The number of aliphatic hydroxyl groups is 1. The average molecular weight is 279 g/mol. The summed E-state index contributed by atoms with van der Waals surface area (Å²) >= 11 is 0. The number of aliphatic hydroxyl groups excluding tert-OH is 1. The van der Waals surface area contributed by atoms with E-state index in [0.717, 1.165) is 5.56 Å². The SMILES string of the molecule is OCc1cc[cH-]c1P(c1ccccc1)c1ccccc1. The molecule has 0 saturated carbocycles. The van der Waals surface area contributed by atoms with Gasteiger partial charge in [-0.1, -0.05) is 60.7 Å². The minimum Gasteiger partial charge on any atom is -0.405 e. The van der Waals surface area contributed by atoms with Crippen molar-refractivity contribution in [3.05, 3.63) is 84.4 Å². The Morgan fingerprint density at radius 2 is 1.35 bits per heavy atom. The predicted molar refractivity (Wildman–Crippen MR) is 86.7 cm³/mol. The molecule has 0 fully saturated rings. The van der Waals surface area contributed by atoms with Gasteiger partial charge in [0.25, 0.3) is 0 Å². The molecule has 0 aliphatic carbocycles. The summed E-state index contributed by atoms with van der Waals surface area (Å²) in [5.74, 6) is 0. The Labute approximate surface area is 120 Å². The topological polar surface area (TPSA) is 20.2 Å². The third-order valence-electron chi connectivity index (χ3n) is 3.32. The van der Waals surface area contributed by atoms with Gasteiger partial charge >= 0.3 is 0 Å².